The molecule has 0 spiro atoms. The Hall–Kier alpha value is -2.68. The Morgan fingerprint density at radius 2 is 1.85 bits per heavy atom. The van der Waals surface area contributed by atoms with Crippen molar-refractivity contribution in [3.05, 3.63) is 57.6 Å². The average Bonchev–Trinajstić information content (AvgIpc) is 2.82. The fourth-order valence-electron chi connectivity index (χ4n) is 4.07. The summed E-state index contributed by atoms with van der Waals surface area (Å²) in [6, 6.07) is 10.3. The molecule has 1 aliphatic rings. The van der Waals surface area contributed by atoms with Gasteiger partial charge in [-0.25, -0.2) is 4.79 Å². The summed E-state index contributed by atoms with van der Waals surface area (Å²) in [6.07, 6.45) is 1.30. The summed E-state index contributed by atoms with van der Waals surface area (Å²) in [7, 11) is 1.49. The summed E-state index contributed by atoms with van der Waals surface area (Å²) in [6.45, 7) is 3.11. The fourth-order valence-corrected chi connectivity index (χ4v) is 4.36. The van der Waals surface area contributed by atoms with Crippen molar-refractivity contribution in [2.24, 2.45) is 11.7 Å². The Morgan fingerprint density at radius 3 is 2.47 bits per heavy atom. The van der Waals surface area contributed by atoms with E-state index in [1.165, 1.54) is 13.2 Å². The monoisotopic (exact) mass is 508 g/mol. The van der Waals surface area contributed by atoms with Gasteiger partial charge in [-0.2, -0.15) is 0 Å². The van der Waals surface area contributed by atoms with E-state index >= 15 is 0 Å². The minimum absolute atomic E-state index is 0.240. The van der Waals surface area contributed by atoms with Gasteiger partial charge in [-0.05, 0) is 55.6 Å². The lowest BCUT2D eigenvalue weighted by Crippen LogP contribution is -2.39. The topological polar surface area (TPSA) is 120 Å². The van der Waals surface area contributed by atoms with Crippen molar-refractivity contribution in [2.45, 2.75) is 25.4 Å². The number of anilines is 1. The largest absolute Gasteiger partial charge is 0.496 e. The van der Waals surface area contributed by atoms with Crippen LogP contribution < -0.4 is 21.5 Å². The molecule has 8 nitrogen and oxygen atoms in total. The van der Waals surface area contributed by atoms with E-state index in [2.05, 4.69) is 10.2 Å². The lowest BCUT2D eigenvalue weighted by atomic mass is 9.96. The molecule has 2 amide bonds. The molecule has 1 unspecified atom stereocenters. The summed E-state index contributed by atoms with van der Waals surface area (Å²) in [5.74, 6) is 0.516. The lowest BCUT2D eigenvalue weighted by molar-refractivity contribution is 0.0841. The maximum atomic E-state index is 12.7. The van der Waals surface area contributed by atoms with Gasteiger partial charge >= 0.3 is 6.09 Å². The Balaban J connectivity index is 1.47. The minimum Gasteiger partial charge on any atom is -0.496 e. The standard InChI is InChI=1S/C24H30Cl2N4O4/c1-33-22-13-20(27)19(26)12-18(22)23(31)29-14-15-6-9-30(10-7-15)11-8-21(34-24(28)32)16-2-4-17(25)5-3-16/h2-5,12-13,15,21H,6-11,14,27H2,1H3,(H2,28,32)(H,29,31). The van der Waals surface area contributed by atoms with E-state index in [9.17, 15) is 9.59 Å². The predicted molar refractivity (Wildman–Crippen MR) is 133 cm³/mol. The third-order valence-corrected chi connectivity index (χ3v) is 6.61. The lowest BCUT2D eigenvalue weighted by Gasteiger charge is -2.32. The van der Waals surface area contributed by atoms with Crippen LogP contribution in [0.2, 0.25) is 10.0 Å². The molecule has 3 rings (SSSR count). The molecule has 1 heterocycles. The van der Waals surface area contributed by atoms with Gasteiger partial charge in [-0.3, -0.25) is 4.79 Å². The number of amides is 2. The number of carbonyl (C=O) groups excluding carboxylic acids is 2. The molecule has 1 atom stereocenters. The molecule has 34 heavy (non-hydrogen) atoms. The van der Waals surface area contributed by atoms with Gasteiger partial charge in [0.05, 0.1) is 23.4 Å². The molecule has 1 saturated heterocycles. The number of halogens is 2. The van der Waals surface area contributed by atoms with Gasteiger partial charge in [0.2, 0.25) is 0 Å². The van der Waals surface area contributed by atoms with Gasteiger partial charge in [-0.15, -0.1) is 0 Å². The van der Waals surface area contributed by atoms with E-state index in [4.69, 9.17) is 44.1 Å². The van der Waals surface area contributed by atoms with Crippen molar-refractivity contribution < 1.29 is 19.1 Å². The van der Waals surface area contributed by atoms with Crippen molar-refractivity contribution >= 4 is 40.9 Å². The quantitative estimate of drug-likeness (QED) is 0.435. The van der Waals surface area contributed by atoms with Gasteiger partial charge in [0.15, 0.2) is 0 Å². The Kier molecular flexibility index (Phi) is 9.27. The Morgan fingerprint density at radius 1 is 1.18 bits per heavy atom. The Bertz CT molecular complexity index is 995. The van der Waals surface area contributed by atoms with Crippen molar-refractivity contribution in [3.63, 3.8) is 0 Å². The summed E-state index contributed by atoms with van der Waals surface area (Å²) < 4.78 is 10.6. The molecule has 10 heteroatoms. The molecule has 2 aromatic rings. The van der Waals surface area contributed by atoms with Gasteiger partial charge < -0.3 is 31.2 Å². The number of likely N-dealkylation sites (tertiary alicyclic amines) is 1. The first kappa shape index (κ1) is 25.9. The normalized spacial score (nSPS) is 15.5. The molecule has 2 aromatic carbocycles. The van der Waals surface area contributed by atoms with E-state index in [0.717, 1.165) is 38.0 Å². The van der Waals surface area contributed by atoms with Crippen LogP contribution in [0.4, 0.5) is 10.5 Å². The molecule has 0 aromatic heterocycles. The Labute approximate surface area is 209 Å². The number of ether oxygens (including phenoxy) is 2. The number of hydrogen-bond donors (Lipinski definition) is 3. The van der Waals surface area contributed by atoms with Crippen molar-refractivity contribution in [1.82, 2.24) is 10.2 Å². The highest BCUT2D eigenvalue weighted by Gasteiger charge is 2.23. The molecular weight excluding hydrogens is 479 g/mol. The van der Waals surface area contributed by atoms with Crippen LogP contribution in [0.15, 0.2) is 36.4 Å². The molecule has 0 radical (unpaired) electrons. The number of piperidine rings is 1. The van der Waals surface area contributed by atoms with Gasteiger partial charge in [0.1, 0.15) is 11.9 Å². The summed E-state index contributed by atoms with van der Waals surface area (Å²) in [5.41, 5.74) is 12.6. The van der Waals surface area contributed by atoms with E-state index < -0.39 is 12.2 Å². The van der Waals surface area contributed by atoms with Crippen LogP contribution in [0.3, 0.4) is 0 Å². The second-order valence-electron chi connectivity index (χ2n) is 8.33. The first-order valence-electron chi connectivity index (χ1n) is 11.1. The van der Waals surface area contributed by atoms with Gasteiger partial charge in [-0.1, -0.05) is 35.3 Å². The minimum atomic E-state index is -0.798. The zero-order chi connectivity index (χ0) is 24.7. The molecule has 184 valence electrons. The molecule has 0 aliphatic carbocycles. The summed E-state index contributed by atoms with van der Waals surface area (Å²) >= 11 is 12.0. The van der Waals surface area contributed by atoms with Gasteiger partial charge in [0.25, 0.3) is 5.91 Å². The second-order valence-corrected chi connectivity index (χ2v) is 9.18. The van der Waals surface area contributed by atoms with E-state index in [1.54, 1.807) is 18.2 Å². The molecule has 1 fully saturated rings. The average molecular weight is 509 g/mol. The third-order valence-electron chi connectivity index (χ3n) is 6.03. The second kappa shape index (κ2) is 12.1. The highest BCUT2D eigenvalue weighted by Crippen LogP contribution is 2.29. The van der Waals surface area contributed by atoms with Gasteiger partial charge in [0, 0.05) is 30.6 Å². The first-order chi connectivity index (χ1) is 16.3. The number of nitrogen functional groups attached to an aromatic ring is 1. The summed E-state index contributed by atoms with van der Waals surface area (Å²) in [4.78, 5) is 26.3. The van der Waals surface area contributed by atoms with Crippen LogP contribution in [0.5, 0.6) is 5.75 Å². The highest BCUT2D eigenvalue weighted by atomic mass is 35.5. The van der Waals surface area contributed by atoms with Crippen LogP contribution in [0.1, 0.15) is 41.3 Å². The van der Waals surface area contributed by atoms with E-state index in [-0.39, 0.29) is 5.91 Å². The third kappa shape index (κ3) is 7.16. The van der Waals surface area contributed by atoms with Crippen LogP contribution in [0, 0.1) is 5.92 Å². The number of carbonyl (C=O) groups is 2. The summed E-state index contributed by atoms with van der Waals surface area (Å²) in [5, 5.41) is 3.92. The number of nitrogens with one attached hydrogen (secondary N) is 1. The molecule has 1 aliphatic heterocycles. The molecule has 5 N–H and O–H groups in total. The number of methoxy groups -OCH3 is 1. The zero-order valence-corrected chi connectivity index (χ0v) is 20.6. The first-order valence-corrected chi connectivity index (χ1v) is 11.9. The van der Waals surface area contributed by atoms with E-state index in [1.807, 2.05) is 12.1 Å². The van der Waals surface area contributed by atoms with Crippen LogP contribution in [-0.4, -0.2) is 50.2 Å². The SMILES string of the molecule is COc1cc(N)c(Cl)cc1C(=O)NCC1CCN(CCC(OC(N)=O)c2ccc(Cl)cc2)CC1. The number of benzene rings is 2. The number of primary amides is 1. The highest BCUT2D eigenvalue weighted by molar-refractivity contribution is 6.33. The smallest absolute Gasteiger partial charge is 0.405 e. The van der Waals surface area contributed by atoms with Crippen LogP contribution in [0.25, 0.3) is 0 Å². The molecular formula is C24H30Cl2N4O4. The van der Waals surface area contributed by atoms with E-state index in [0.29, 0.717) is 45.9 Å². The van der Waals surface area contributed by atoms with Crippen molar-refractivity contribution in [3.8, 4) is 5.75 Å². The van der Waals surface area contributed by atoms with Crippen LogP contribution >= 0.6 is 23.2 Å². The molecule has 0 bridgehead atoms. The van der Waals surface area contributed by atoms with Crippen molar-refractivity contribution in [2.75, 3.05) is 39.0 Å². The number of rotatable bonds is 9. The predicted octanol–water partition coefficient (Wildman–Crippen LogP) is 4.25. The number of hydrogen-bond acceptors (Lipinski definition) is 6. The van der Waals surface area contributed by atoms with Crippen molar-refractivity contribution in [1.29, 1.82) is 0 Å². The zero-order valence-electron chi connectivity index (χ0n) is 19.1. The number of nitrogens with two attached hydrogens (primary N) is 2. The van der Waals surface area contributed by atoms with Crippen LogP contribution in [-0.2, 0) is 4.74 Å². The number of nitrogens with zero attached hydrogens (tertiary/aromatic N) is 1. The fraction of sp³-hybridized carbons (Fsp3) is 0.417. The maximum absolute atomic E-state index is 12.7. The molecule has 0 saturated carbocycles. The maximum Gasteiger partial charge on any atom is 0.405 e.